The molecule has 1 aliphatic rings. The first kappa shape index (κ1) is 18.0. The number of sulfone groups is 1. The molecule has 0 radical (unpaired) electrons. The lowest BCUT2D eigenvalue weighted by Crippen LogP contribution is -2.26. The standard InChI is InChI=1S/C18H26O4S/c1-6-11-18(4)17(16(12-21-18)22-13(2)3)14-7-9-15(10-8-14)23(5,19)20/h7-10,13H,6,11-12H2,1-5H3. The van der Waals surface area contributed by atoms with Gasteiger partial charge in [0.05, 0.1) is 16.6 Å². The zero-order valence-corrected chi connectivity index (χ0v) is 15.4. The Kier molecular flexibility index (Phi) is 5.21. The van der Waals surface area contributed by atoms with Crippen LogP contribution in [0.25, 0.3) is 5.57 Å². The fraction of sp³-hybridized carbons (Fsp3) is 0.556. The van der Waals surface area contributed by atoms with E-state index in [1.165, 1.54) is 6.26 Å². The third kappa shape index (κ3) is 3.96. The average molecular weight is 338 g/mol. The van der Waals surface area contributed by atoms with E-state index in [4.69, 9.17) is 9.47 Å². The van der Waals surface area contributed by atoms with Crippen molar-refractivity contribution in [3.05, 3.63) is 35.6 Å². The van der Waals surface area contributed by atoms with Gasteiger partial charge in [-0.05, 0) is 44.9 Å². The molecule has 1 heterocycles. The molecular weight excluding hydrogens is 312 g/mol. The predicted molar refractivity (Wildman–Crippen MR) is 92.0 cm³/mol. The molecule has 5 heteroatoms. The second-order valence-electron chi connectivity index (χ2n) is 6.53. The molecule has 128 valence electrons. The minimum atomic E-state index is -3.19. The highest BCUT2D eigenvalue weighted by atomic mass is 32.2. The van der Waals surface area contributed by atoms with Crippen LogP contribution in [0.2, 0.25) is 0 Å². The van der Waals surface area contributed by atoms with E-state index in [1.54, 1.807) is 12.1 Å². The van der Waals surface area contributed by atoms with Gasteiger partial charge in [-0.1, -0.05) is 25.5 Å². The topological polar surface area (TPSA) is 52.6 Å². The van der Waals surface area contributed by atoms with E-state index in [0.717, 1.165) is 29.7 Å². The van der Waals surface area contributed by atoms with Crippen molar-refractivity contribution in [1.82, 2.24) is 0 Å². The van der Waals surface area contributed by atoms with Crippen molar-refractivity contribution in [2.24, 2.45) is 0 Å². The molecule has 0 amide bonds. The van der Waals surface area contributed by atoms with Crippen LogP contribution in [-0.4, -0.2) is 33.0 Å². The van der Waals surface area contributed by atoms with Crippen molar-refractivity contribution >= 4 is 15.4 Å². The Morgan fingerprint density at radius 1 is 1.26 bits per heavy atom. The smallest absolute Gasteiger partial charge is 0.175 e. The maximum absolute atomic E-state index is 11.6. The molecule has 1 aliphatic heterocycles. The zero-order valence-electron chi connectivity index (χ0n) is 14.5. The van der Waals surface area contributed by atoms with Gasteiger partial charge in [0.1, 0.15) is 12.4 Å². The molecule has 1 aromatic carbocycles. The van der Waals surface area contributed by atoms with Crippen molar-refractivity contribution in [1.29, 1.82) is 0 Å². The Hall–Kier alpha value is -1.33. The Morgan fingerprint density at radius 3 is 2.35 bits per heavy atom. The SMILES string of the molecule is CCCC1(C)OCC(OC(C)C)=C1c1ccc(S(C)(=O)=O)cc1. The average Bonchev–Trinajstić information content (AvgIpc) is 2.74. The molecule has 1 atom stereocenters. The third-order valence-electron chi connectivity index (χ3n) is 4.01. The van der Waals surface area contributed by atoms with E-state index < -0.39 is 15.4 Å². The molecule has 0 aliphatic carbocycles. The molecule has 2 rings (SSSR count). The van der Waals surface area contributed by atoms with Crippen molar-refractivity contribution in [2.45, 2.75) is 57.1 Å². The largest absolute Gasteiger partial charge is 0.492 e. The number of benzene rings is 1. The molecule has 0 bridgehead atoms. The lowest BCUT2D eigenvalue weighted by molar-refractivity contribution is 0.0212. The van der Waals surface area contributed by atoms with E-state index in [1.807, 2.05) is 26.0 Å². The van der Waals surface area contributed by atoms with E-state index in [9.17, 15) is 8.42 Å². The fourth-order valence-electron chi connectivity index (χ4n) is 3.05. The van der Waals surface area contributed by atoms with Crippen molar-refractivity contribution < 1.29 is 17.9 Å². The first-order valence-electron chi connectivity index (χ1n) is 8.02. The lowest BCUT2D eigenvalue weighted by Gasteiger charge is -2.27. The van der Waals surface area contributed by atoms with Crippen molar-refractivity contribution in [3.63, 3.8) is 0 Å². The van der Waals surface area contributed by atoms with Crippen LogP contribution in [0, 0.1) is 0 Å². The number of hydrogen-bond donors (Lipinski definition) is 0. The third-order valence-corrected chi connectivity index (χ3v) is 5.13. The number of hydrogen-bond acceptors (Lipinski definition) is 4. The summed E-state index contributed by atoms with van der Waals surface area (Å²) < 4.78 is 35.3. The van der Waals surface area contributed by atoms with Crippen LogP contribution in [0.5, 0.6) is 0 Å². The van der Waals surface area contributed by atoms with Gasteiger partial charge in [0.15, 0.2) is 9.84 Å². The summed E-state index contributed by atoms with van der Waals surface area (Å²) in [6.07, 6.45) is 3.18. The molecule has 0 saturated carbocycles. The quantitative estimate of drug-likeness (QED) is 0.791. The second kappa shape index (κ2) is 6.65. The predicted octanol–water partition coefficient (Wildman–Crippen LogP) is 3.82. The van der Waals surface area contributed by atoms with Crippen LogP contribution < -0.4 is 0 Å². The summed E-state index contributed by atoms with van der Waals surface area (Å²) in [5, 5.41) is 0. The van der Waals surface area contributed by atoms with Gasteiger partial charge in [-0.25, -0.2) is 8.42 Å². The summed E-state index contributed by atoms with van der Waals surface area (Å²) in [6.45, 7) is 8.64. The maximum Gasteiger partial charge on any atom is 0.175 e. The first-order chi connectivity index (χ1) is 10.7. The van der Waals surface area contributed by atoms with E-state index >= 15 is 0 Å². The Morgan fingerprint density at radius 2 is 1.87 bits per heavy atom. The van der Waals surface area contributed by atoms with E-state index in [2.05, 4.69) is 13.8 Å². The summed E-state index contributed by atoms with van der Waals surface area (Å²) in [4.78, 5) is 0.323. The van der Waals surface area contributed by atoms with Crippen LogP contribution in [0.15, 0.2) is 34.9 Å². The Bertz CT molecular complexity index is 686. The minimum absolute atomic E-state index is 0.0721. The van der Waals surface area contributed by atoms with Crippen LogP contribution in [-0.2, 0) is 19.3 Å². The van der Waals surface area contributed by atoms with Gasteiger partial charge in [0.2, 0.25) is 0 Å². The lowest BCUT2D eigenvalue weighted by atomic mass is 9.86. The molecule has 1 unspecified atom stereocenters. The maximum atomic E-state index is 11.6. The summed E-state index contributed by atoms with van der Waals surface area (Å²) >= 11 is 0. The first-order valence-corrected chi connectivity index (χ1v) is 9.91. The monoisotopic (exact) mass is 338 g/mol. The summed E-state index contributed by atoms with van der Waals surface area (Å²) in [6, 6.07) is 6.99. The molecule has 23 heavy (non-hydrogen) atoms. The van der Waals surface area contributed by atoms with E-state index in [0.29, 0.717) is 11.5 Å². The second-order valence-corrected chi connectivity index (χ2v) is 8.55. The normalized spacial score (nSPS) is 22.0. The zero-order chi connectivity index (χ0) is 17.3. The molecule has 0 aromatic heterocycles. The molecule has 0 saturated heterocycles. The van der Waals surface area contributed by atoms with Crippen LogP contribution >= 0.6 is 0 Å². The van der Waals surface area contributed by atoms with Crippen molar-refractivity contribution in [2.75, 3.05) is 12.9 Å². The fourth-order valence-corrected chi connectivity index (χ4v) is 3.68. The Balaban J connectivity index is 2.48. The van der Waals surface area contributed by atoms with Gasteiger partial charge in [0, 0.05) is 11.8 Å². The van der Waals surface area contributed by atoms with Gasteiger partial charge in [-0.15, -0.1) is 0 Å². The van der Waals surface area contributed by atoms with Crippen molar-refractivity contribution in [3.8, 4) is 0 Å². The van der Waals surface area contributed by atoms with Gasteiger partial charge < -0.3 is 9.47 Å². The molecule has 0 spiro atoms. The van der Waals surface area contributed by atoms with Gasteiger partial charge in [0.25, 0.3) is 0 Å². The van der Waals surface area contributed by atoms with Crippen LogP contribution in [0.4, 0.5) is 0 Å². The van der Waals surface area contributed by atoms with E-state index in [-0.39, 0.29) is 6.10 Å². The van der Waals surface area contributed by atoms with Gasteiger partial charge >= 0.3 is 0 Å². The highest BCUT2D eigenvalue weighted by Crippen LogP contribution is 2.42. The molecular formula is C18H26O4S. The summed E-state index contributed by atoms with van der Waals surface area (Å²) in [7, 11) is -3.19. The van der Waals surface area contributed by atoms with Crippen LogP contribution in [0.1, 0.15) is 46.1 Å². The van der Waals surface area contributed by atoms with Gasteiger partial charge in [-0.3, -0.25) is 0 Å². The minimum Gasteiger partial charge on any atom is -0.492 e. The Labute approximate surface area is 139 Å². The number of rotatable bonds is 6. The summed E-state index contributed by atoms with van der Waals surface area (Å²) in [5.74, 6) is 0.850. The molecule has 4 nitrogen and oxygen atoms in total. The molecule has 0 N–H and O–H groups in total. The number of ether oxygens (including phenoxy) is 2. The highest BCUT2D eigenvalue weighted by molar-refractivity contribution is 7.90. The van der Waals surface area contributed by atoms with Gasteiger partial charge in [-0.2, -0.15) is 0 Å². The van der Waals surface area contributed by atoms with Crippen LogP contribution in [0.3, 0.4) is 0 Å². The molecule has 0 fully saturated rings. The summed E-state index contributed by atoms with van der Waals surface area (Å²) in [5.41, 5.74) is 1.60. The molecule has 1 aromatic rings. The highest BCUT2D eigenvalue weighted by Gasteiger charge is 2.39.